The van der Waals surface area contributed by atoms with Gasteiger partial charge >= 0.3 is 12.4 Å². The highest BCUT2D eigenvalue weighted by Gasteiger charge is 2.73. The van der Waals surface area contributed by atoms with E-state index in [-0.39, 0.29) is 16.7 Å². The third-order valence-corrected chi connectivity index (χ3v) is 9.78. The highest BCUT2D eigenvalue weighted by molar-refractivity contribution is 7.92. The number of benzene rings is 3. The van der Waals surface area contributed by atoms with Crippen LogP contribution in [0.5, 0.6) is 0 Å². The molecule has 3 aromatic rings. The Hall–Kier alpha value is -3.51. The molecule has 0 heterocycles. The van der Waals surface area contributed by atoms with Crippen LogP contribution in [0.4, 0.5) is 30.7 Å². The van der Waals surface area contributed by atoms with Crippen molar-refractivity contribution in [2.75, 3.05) is 0 Å². The number of ether oxygens (including phenoxy) is 1. The van der Waals surface area contributed by atoms with E-state index < -0.39 is 80.5 Å². The van der Waals surface area contributed by atoms with Crippen LogP contribution in [0.2, 0.25) is 0 Å². The third kappa shape index (κ3) is 5.26. The first-order valence-electron chi connectivity index (χ1n) is 12.2. The van der Waals surface area contributed by atoms with Crippen LogP contribution in [-0.4, -0.2) is 43.2 Å². The second-order valence-electron chi connectivity index (χ2n) is 9.85. The van der Waals surface area contributed by atoms with Crippen LogP contribution in [0.15, 0.2) is 77.7 Å². The first-order chi connectivity index (χ1) is 19.5. The molecule has 1 aliphatic rings. The van der Waals surface area contributed by atoms with Crippen LogP contribution < -0.4 is 0 Å². The molecular weight excluding hydrogens is 595 g/mol. The van der Waals surface area contributed by atoms with E-state index in [1.54, 1.807) is 6.07 Å². The summed E-state index contributed by atoms with van der Waals surface area (Å²) in [6.45, 7) is -1.18. The molecule has 2 N–H and O–H groups in total. The summed E-state index contributed by atoms with van der Waals surface area (Å²) < 4.78 is 129. The second kappa shape index (κ2) is 11.0. The lowest BCUT2D eigenvalue weighted by Gasteiger charge is -2.38. The topological polar surface area (TPSA) is 108 Å². The molecule has 1 saturated carbocycles. The van der Waals surface area contributed by atoms with Crippen molar-refractivity contribution in [1.29, 1.82) is 5.26 Å². The molecule has 0 bridgehead atoms. The van der Waals surface area contributed by atoms with Gasteiger partial charge in [0.25, 0.3) is 5.60 Å². The van der Waals surface area contributed by atoms with Gasteiger partial charge in [-0.1, -0.05) is 36.4 Å². The number of aliphatic hydroxyl groups excluding tert-OH is 2. The molecule has 0 saturated heterocycles. The normalized spacial score (nSPS) is 21.7. The van der Waals surface area contributed by atoms with Crippen LogP contribution >= 0.6 is 0 Å². The summed E-state index contributed by atoms with van der Waals surface area (Å²) in [4.78, 5) is -0.433. The summed E-state index contributed by atoms with van der Waals surface area (Å²) in [5, 5.41) is 29.5. The number of sulfone groups is 1. The molecule has 0 amide bonds. The lowest BCUT2D eigenvalue weighted by Crippen LogP contribution is -2.55. The van der Waals surface area contributed by atoms with Crippen molar-refractivity contribution < 1.29 is 54.1 Å². The molecule has 0 aromatic heterocycles. The number of nitriles is 1. The number of nitrogens with zero attached hydrogens (tertiary/aromatic N) is 1. The van der Waals surface area contributed by atoms with Gasteiger partial charge in [-0.2, -0.15) is 31.6 Å². The maximum atomic E-state index is 14.3. The van der Waals surface area contributed by atoms with Gasteiger partial charge in [0, 0.05) is 5.56 Å². The minimum Gasteiger partial charge on any atom is -0.390 e. The summed E-state index contributed by atoms with van der Waals surface area (Å²) in [5.41, 5.74) is -6.71. The van der Waals surface area contributed by atoms with Crippen molar-refractivity contribution in [3.63, 3.8) is 0 Å². The zero-order valence-electron chi connectivity index (χ0n) is 21.3. The van der Waals surface area contributed by atoms with E-state index >= 15 is 0 Å². The third-order valence-electron chi connectivity index (χ3n) is 7.29. The Morgan fingerprint density at radius 3 is 1.93 bits per heavy atom. The Bertz CT molecular complexity index is 1560. The first kappa shape index (κ1) is 31.4. The maximum absolute atomic E-state index is 14.3. The van der Waals surface area contributed by atoms with E-state index in [1.807, 2.05) is 0 Å². The zero-order chi connectivity index (χ0) is 31.1. The molecule has 42 heavy (non-hydrogen) atoms. The standard InChI is InChI=1S/C28H22F7NO5S/c29-21-8-10-22(11-9-21)42(39,40)25(13-23(37)24(38)14-25)19-4-6-20(7-5-19)26(27(30,31)32,28(33,34)35)41-16-18-3-1-2-17(12-18)15-36/h1-12,23-24,37-38H,13-14,16H2/t23-,24+,25?. The SMILES string of the molecule is N#Cc1cccc(COC(c2ccc(C3(S(=O)(=O)c4ccc(F)cc4)C[C@@H](O)[C@@H](O)C3)cc2)(C(F)(F)F)C(F)(F)F)c1. The van der Waals surface area contributed by atoms with Crippen LogP contribution in [0.3, 0.4) is 0 Å². The zero-order valence-corrected chi connectivity index (χ0v) is 22.1. The van der Waals surface area contributed by atoms with Gasteiger partial charge in [-0.05, 0) is 60.4 Å². The Morgan fingerprint density at radius 2 is 1.43 bits per heavy atom. The fraction of sp³-hybridized carbons (Fsp3) is 0.321. The van der Waals surface area contributed by atoms with Crippen LogP contribution in [0.1, 0.15) is 35.1 Å². The summed E-state index contributed by atoms with van der Waals surface area (Å²) in [6.07, 6.45) is -16.5. The van der Waals surface area contributed by atoms with E-state index in [0.29, 0.717) is 12.1 Å². The average molecular weight is 618 g/mol. The van der Waals surface area contributed by atoms with Crippen LogP contribution in [0.25, 0.3) is 0 Å². The van der Waals surface area contributed by atoms with E-state index in [0.717, 1.165) is 42.5 Å². The Balaban J connectivity index is 1.83. The lowest BCUT2D eigenvalue weighted by atomic mass is 9.88. The number of rotatable bonds is 7. The maximum Gasteiger partial charge on any atom is 0.430 e. The van der Waals surface area contributed by atoms with Gasteiger partial charge in [-0.15, -0.1) is 0 Å². The van der Waals surface area contributed by atoms with E-state index in [2.05, 4.69) is 4.74 Å². The fourth-order valence-electron chi connectivity index (χ4n) is 5.15. The van der Waals surface area contributed by atoms with E-state index in [4.69, 9.17) is 5.26 Å². The molecule has 6 nitrogen and oxygen atoms in total. The monoisotopic (exact) mass is 617 g/mol. The van der Waals surface area contributed by atoms with Gasteiger partial charge in [-0.25, -0.2) is 12.8 Å². The number of alkyl halides is 6. The largest absolute Gasteiger partial charge is 0.430 e. The summed E-state index contributed by atoms with van der Waals surface area (Å²) in [7, 11) is -4.58. The highest BCUT2D eigenvalue weighted by Crippen LogP contribution is 2.54. The molecule has 0 radical (unpaired) electrons. The van der Waals surface area contributed by atoms with Gasteiger partial charge in [-0.3, -0.25) is 0 Å². The minimum atomic E-state index is -6.04. The van der Waals surface area contributed by atoms with Gasteiger partial charge in [0.05, 0.1) is 35.3 Å². The smallest absolute Gasteiger partial charge is 0.390 e. The molecule has 4 rings (SSSR count). The van der Waals surface area contributed by atoms with Crippen LogP contribution in [0, 0.1) is 17.1 Å². The number of aliphatic hydroxyl groups is 2. The molecule has 0 spiro atoms. The molecule has 1 unspecified atom stereocenters. The molecule has 1 aliphatic carbocycles. The van der Waals surface area contributed by atoms with Gasteiger partial charge < -0.3 is 14.9 Å². The summed E-state index contributed by atoms with van der Waals surface area (Å²) in [6, 6.07) is 12.4. The number of hydrogen-bond donors (Lipinski definition) is 2. The second-order valence-corrected chi connectivity index (χ2v) is 12.1. The Labute approximate surface area is 235 Å². The molecule has 0 aliphatic heterocycles. The highest BCUT2D eigenvalue weighted by atomic mass is 32.2. The van der Waals surface area contributed by atoms with E-state index in [1.165, 1.54) is 18.2 Å². The summed E-state index contributed by atoms with van der Waals surface area (Å²) in [5.74, 6) is -0.770. The molecule has 1 fully saturated rings. The molecule has 224 valence electrons. The van der Waals surface area contributed by atoms with Crippen molar-refractivity contribution in [3.8, 4) is 6.07 Å². The summed E-state index contributed by atoms with van der Waals surface area (Å²) >= 11 is 0. The average Bonchev–Trinajstić information content (AvgIpc) is 3.23. The lowest BCUT2D eigenvalue weighted by molar-refractivity contribution is -0.392. The van der Waals surface area contributed by atoms with Gasteiger partial charge in [0.2, 0.25) is 0 Å². The Morgan fingerprint density at radius 1 is 0.881 bits per heavy atom. The quantitative estimate of drug-likeness (QED) is 0.271. The Kier molecular flexibility index (Phi) is 8.20. The molecule has 3 aromatic carbocycles. The number of hydrogen-bond acceptors (Lipinski definition) is 6. The van der Waals surface area contributed by atoms with Crippen molar-refractivity contribution >= 4 is 9.84 Å². The fourth-order valence-corrected chi connectivity index (χ4v) is 7.32. The van der Waals surface area contributed by atoms with E-state index in [9.17, 15) is 49.4 Å². The predicted octanol–water partition coefficient (Wildman–Crippen LogP) is 5.42. The molecular formula is C28H22F7NO5S. The first-order valence-corrected chi connectivity index (χ1v) is 13.7. The van der Waals surface area contributed by atoms with Gasteiger partial charge in [0.1, 0.15) is 10.6 Å². The van der Waals surface area contributed by atoms with Crippen molar-refractivity contribution in [2.24, 2.45) is 0 Å². The minimum absolute atomic E-state index is 0.0151. The van der Waals surface area contributed by atoms with Crippen molar-refractivity contribution in [2.45, 2.75) is 59.3 Å². The molecule has 3 atom stereocenters. The van der Waals surface area contributed by atoms with Gasteiger partial charge in [0.15, 0.2) is 9.84 Å². The predicted molar refractivity (Wildman–Crippen MR) is 133 cm³/mol. The van der Waals surface area contributed by atoms with Crippen LogP contribution in [-0.2, 0) is 31.5 Å². The molecule has 14 heteroatoms. The number of halogens is 7. The van der Waals surface area contributed by atoms with Crippen molar-refractivity contribution in [1.82, 2.24) is 0 Å². The van der Waals surface area contributed by atoms with Crippen molar-refractivity contribution in [3.05, 3.63) is 101 Å².